The molecule has 0 N–H and O–H groups in total. The molecule has 0 bridgehead atoms. The molecule has 20 heavy (non-hydrogen) atoms. The van der Waals surface area contributed by atoms with Crippen molar-refractivity contribution in [2.45, 2.75) is 89.9 Å². The summed E-state index contributed by atoms with van der Waals surface area (Å²) in [4.78, 5) is 9.74. The predicted octanol–water partition coefficient (Wildman–Crippen LogP) is 5.27. The maximum atomic E-state index is 4.87. The summed E-state index contributed by atoms with van der Waals surface area (Å²) in [7, 11) is 0. The number of rotatable bonds is 0. The quantitative estimate of drug-likeness (QED) is 0.569. The van der Waals surface area contributed by atoms with E-state index in [2.05, 4.69) is 10.1 Å². The highest BCUT2D eigenvalue weighted by atomic mass is 17.7. The molecule has 0 unspecified atom stereocenters. The predicted molar refractivity (Wildman–Crippen MR) is 78.7 cm³/mol. The molecular weight excluding hydrogens is 256 g/mol. The molecule has 0 aromatic carbocycles. The second-order valence-electron chi connectivity index (χ2n) is 5.73. The minimum absolute atomic E-state index is 0.573. The van der Waals surface area contributed by atoms with Crippen molar-refractivity contribution in [3.63, 3.8) is 0 Å². The van der Waals surface area contributed by atoms with Crippen LogP contribution >= 0.6 is 0 Å². The molecule has 0 aromatic heterocycles. The van der Waals surface area contributed by atoms with Crippen LogP contribution in [0.3, 0.4) is 0 Å². The fourth-order valence-corrected chi connectivity index (χ4v) is 2.55. The Balaban J connectivity index is 2.00. The Morgan fingerprint density at radius 2 is 0.550 bits per heavy atom. The minimum atomic E-state index is 0.573. The van der Waals surface area contributed by atoms with Gasteiger partial charge >= 0.3 is 0 Å². The van der Waals surface area contributed by atoms with E-state index in [1.807, 2.05) is 0 Å². The molecule has 4 nitrogen and oxygen atoms in total. The first-order valence-electron chi connectivity index (χ1n) is 8.58. The van der Waals surface area contributed by atoms with Crippen molar-refractivity contribution in [2.24, 2.45) is 0 Å². The SMILES string of the molecule is C1CCCCCCCCOOOOCCCCCCC1. The standard InChI is InChI=1S/C16H32O4/c1-2-4-6-8-10-12-14-16-18-20-19-17-15-13-11-9-7-5-3-1/h1-16H2. The Morgan fingerprint density at radius 3 is 0.850 bits per heavy atom. The van der Waals surface area contributed by atoms with Gasteiger partial charge in [-0.1, -0.05) is 77.0 Å². The third kappa shape index (κ3) is 12.9. The zero-order valence-electron chi connectivity index (χ0n) is 12.9. The lowest BCUT2D eigenvalue weighted by Crippen LogP contribution is -2.01. The van der Waals surface area contributed by atoms with Gasteiger partial charge in [-0.15, -0.1) is 0 Å². The zero-order valence-corrected chi connectivity index (χ0v) is 12.9. The Labute approximate surface area is 123 Å². The summed E-state index contributed by atoms with van der Waals surface area (Å²) in [5.74, 6) is 0. The molecule has 0 aromatic rings. The molecule has 0 spiro atoms. The monoisotopic (exact) mass is 288 g/mol. The summed E-state index contributed by atoms with van der Waals surface area (Å²) in [6.07, 6.45) is 18.1. The minimum Gasteiger partial charge on any atom is -0.204 e. The van der Waals surface area contributed by atoms with Gasteiger partial charge < -0.3 is 0 Å². The van der Waals surface area contributed by atoms with E-state index in [1.165, 1.54) is 77.0 Å². The van der Waals surface area contributed by atoms with Gasteiger partial charge in [0.1, 0.15) is 0 Å². The van der Waals surface area contributed by atoms with Crippen molar-refractivity contribution < 1.29 is 19.9 Å². The molecular formula is C16H32O4. The summed E-state index contributed by atoms with van der Waals surface area (Å²) < 4.78 is 0. The van der Waals surface area contributed by atoms with Crippen molar-refractivity contribution in [3.8, 4) is 0 Å². The molecule has 1 fully saturated rings. The van der Waals surface area contributed by atoms with Crippen LogP contribution in [-0.2, 0) is 19.9 Å². The summed E-state index contributed by atoms with van der Waals surface area (Å²) in [5.41, 5.74) is 0. The third-order valence-corrected chi connectivity index (χ3v) is 3.83. The first kappa shape index (κ1) is 17.9. The fraction of sp³-hybridized carbons (Fsp3) is 1.00. The Kier molecular flexibility index (Phi) is 13.6. The van der Waals surface area contributed by atoms with E-state index < -0.39 is 0 Å². The van der Waals surface area contributed by atoms with E-state index in [4.69, 9.17) is 9.78 Å². The summed E-state index contributed by atoms with van der Waals surface area (Å²) >= 11 is 0. The molecule has 0 saturated carbocycles. The first-order valence-corrected chi connectivity index (χ1v) is 8.58. The van der Waals surface area contributed by atoms with E-state index in [0.717, 1.165) is 12.8 Å². The highest BCUT2D eigenvalue weighted by Gasteiger charge is 1.97. The van der Waals surface area contributed by atoms with Gasteiger partial charge in [0.15, 0.2) is 0 Å². The lowest BCUT2D eigenvalue weighted by Gasteiger charge is -2.05. The van der Waals surface area contributed by atoms with Crippen molar-refractivity contribution in [1.29, 1.82) is 0 Å². The van der Waals surface area contributed by atoms with Gasteiger partial charge in [0, 0.05) is 0 Å². The second-order valence-corrected chi connectivity index (χ2v) is 5.73. The molecule has 0 radical (unpaired) electrons. The maximum absolute atomic E-state index is 4.87. The summed E-state index contributed by atoms with van der Waals surface area (Å²) in [6.45, 7) is 1.15. The maximum Gasteiger partial charge on any atom is 0.0854 e. The zero-order chi connectivity index (χ0) is 14.1. The Bertz CT molecular complexity index is 101. The van der Waals surface area contributed by atoms with Crippen molar-refractivity contribution in [2.75, 3.05) is 13.2 Å². The van der Waals surface area contributed by atoms with Gasteiger partial charge in [-0.05, 0) is 22.9 Å². The normalized spacial score (nSPS) is 24.0. The molecule has 0 amide bonds. The van der Waals surface area contributed by atoms with Crippen LogP contribution in [0.5, 0.6) is 0 Å². The van der Waals surface area contributed by atoms with E-state index in [0.29, 0.717) is 13.2 Å². The Morgan fingerprint density at radius 1 is 0.300 bits per heavy atom. The highest BCUT2D eigenvalue weighted by molar-refractivity contribution is 4.49. The number of hydrogen-bond acceptors (Lipinski definition) is 4. The average molecular weight is 288 g/mol. The van der Waals surface area contributed by atoms with Gasteiger partial charge in [-0.3, -0.25) is 0 Å². The van der Waals surface area contributed by atoms with Crippen molar-refractivity contribution in [1.82, 2.24) is 0 Å². The average Bonchev–Trinajstić information content (AvgIpc) is 2.46. The van der Waals surface area contributed by atoms with E-state index in [1.54, 1.807) is 0 Å². The van der Waals surface area contributed by atoms with Crippen LogP contribution in [0.1, 0.15) is 89.9 Å². The van der Waals surface area contributed by atoms with Crippen LogP contribution in [0.25, 0.3) is 0 Å². The molecule has 0 atom stereocenters. The van der Waals surface area contributed by atoms with Crippen molar-refractivity contribution in [3.05, 3.63) is 0 Å². The smallest absolute Gasteiger partial charge is 0.0854 e. The lowest BCUT2D eigenvalue weighted by atomic mass is 10.0. The van der Waals surface area contributed by atoms with Gasteiger partial charge in [0.05, 0.1) is 13.2 Å². The highest BCUT2D eigenvalue weighted by Crippen LogP contribution is 2.13. The van der Waals surface area contributed by atoms with Crippen LogP contribution in [0.4, 0.5) is 0 Å². The molecule has 1 rings (SSSR count). The molecule has 4 heteroatoms. The molecule has 1 aliphatic rings. The lowest BCUT2D eigenvalue weighted by molar-refractivity contribution is -0.634. The summed E-state index contributed by atoms with van der Waals surface area (Å²) in [5, 5.41) is 8.99. The van der Waals surface area contributed by atoms with Crippen molar-refractivity contribution >= 4 is 0 Å². The van der Waals surface area contributed by atoms with Crippen LogP contribution in [0.2, 0.25) is 0 Å². The fourth-order valence-electron chi connectivity index (χ4n) is 2.55. The largest absolute Gasteiger partial charge is 0.204 e. The molecule has 0 aliphatic carbocycles. The van der Waals surface area contributed by atoms with Gasteiger partial charge in [-0.2, -0.15) is 0 Å². The van der Waals surface area contributed by atoms with Gasteiger partial charge in [0.25, 0.3) is 0 Å². The van der Waals surface area contributed by atoms with E-state index in [-0.39, 0.29) is 0 Å². The molecule has 1 saturated heterocycles. The van der Waals surface area contributed by atoms with Crippen LogP contribution < -0.4 is 0 Å². The topological polar surface area (TPSA) is 36.9 Å². The number of hydrogen-bond donors (Lipinski definition) is 0. The molecule has 120 valence electrons. The third-order valence-electron chi connectivity index (χ3n) is 3.83. The Hall–Kier alpha value is -0.160. The molecule has 1 heterocycles. The first-order chi connectivity index (χ1) is 10.0. The van der Waals surface area contributed by atoms with Crippen LogP contribution in [0.15, 0.2) is 0 Å². The van der Waals surface area contributed by atoms with Crippen LogP contribution in [-0.4, -0.2) is 13.2 Å². The molecule has 1 aliphatic heterocycles. The summed E-state index contributed by atoms with van der Waals surface area (Å²) in [6, 6.07) is 0. The van der Waals surface area contributed by atoms with E-state index >= 15 is 0 Å². The van der Waals surface area contributed by atoms with Gasteiger partial charge in [0.2, 0.25) is 0 Å². The van der Waals surface area contributed by atoms with Gasteiger partial charge in [-0.25, -0.2) is 9.78 Å². The van der Waals surface area contributed by atoms with E-state index in [9.17, 15) is 0 Å². The van der Waals surface area contributed by atoms with Crippen LogP contribution in [0, 0.1) is 0 Å². The second kappa shape index (κ2) is 15.2.